The fourth-order valence-electron chi connectivity index (χ4n) is 1.74. The van der Waals surface area contributed by atoms with Gasteiger partial charge in [-0.05, 0) is 47.1 Å². The molecule has 0 bridgehead atoms. The van der Waals surface area contributed by atoms with Crippen LogP contribution in [0.3, 0.4) is 0 Å². The van der Waals surface area contributed by atoms with Gasteiger partial charge in [0.1, 0.15) is 5.76 Å². The fourth-order valence-corrected chi connectivity index (χ4v) is 3.24. The lowest BCUT2D eigenvalue weighted by molar-refractivity contribution is 0.412. The average molecular weight is 314 g/mol. The molecule has 1 N–H and O–H groups in total. The fraction of sp³-hybridized carbons (Fsp3) is 0.385. The molecule has 1 unspecified atom stereocenters. The predicted octanol–water partition coefficient (Wildman–Crippen LogP) is 4.39. The summed E-state index contributed by atoms with van der Waals surface area (Å²) in [6.45, 7) is 3.19. The molecule has 92 valence electrons. The van der Waals surface area contributed by atoms with E-state index in [0.717, 1.165) is 29.6 Å². The smallest absolute Gasteiger partial charge is 0.121 e. The maximum atomic E-state index is 5.50. The van der Waals surface area contributed by atoms with Gasteiger partial charge in [-0.3, -0.25) is 0 Å². The zero-order valence-electron chi connectivity index (χ0n) is 9.78. The van der Waals surface area contributed by atoms with E-state index >= 15 is 0 Å². The molecule has 1 atom stereocenters. The molecule has 2 aromatic rings. The highest BCUT2D eigenvalue weighted by Crippen LogP contribution is 2.25. The molecule has 0 aliphatic rings. The number of rotatable bonds is 6. The lowest BCUT2D eigenvalue weighted by atomic mass is 10.1. The largest absolute Gasteiger partial charge is 0.468 e. The summed E-state index contributed by atoms with van der Waals surface area (Å²) in [5, 5.41) is 5.65. The summed E-state index contributed by atoms with van der Waals surface area (Å²) >= 11 is 5.27. The number of furan rings is 1. The van der Waals surface area contributed by atoms with Crippen LogP contribution in [0.5, 0.6) is 0 Å². The van der Waals surface area contributed by atoms with Gasteiger partial charge in [0, 0.05) is 21.2 Å². The molecule has 0 saturated carbocycles. The first-order chi connectivity index (χ1) is 8.29. The van der Waals surface area contributed by atoms with Crippen LogP contribution in [0.25, 0.3) is 0 Å². The molecule has 0 radical (unpaired) electrons. The summed E-state index contributed by atoms with van der Waals surface area (Å²) in [5.41, 5.74) is 0. The molecule has 2 nitrogen and oxygen atoms in total. The molecule has 0 saturated heterocycles. The number of nitrogens with one attached hydrogen (secondary N) is 1. The maximum Gasteiger partial charge on any atom is 0.121 e. The Morgan fingerprint density at radius 2 is 2.41 bits per heavy atom. The molecule has 2 rings (SSSR count). The number of hydrogen-bond acceptors (Lipinski definition) is 3. The summed E-state index contributed by atoms with van der Waals surface area (Å²) in [7, 11) is 0. The van der Waals surface area contributed by atoms with E-state index in [2.05, 4.69) is 39.6 Å². The van der Waals surface area contributed by atoms with Crippen molar-refractivity contribution < 1.29 is 4.42 Å². The van der Waals surface area contributed by atoms with Crippen LogP contribution in [0, 0.1) is 0 Å². The minimum Gasteiger partial charge on any atom is -0.468 e. The molecule has 0 aliphatic heterocycles. The Kier molecular flexibility index (Phi) is 4.83. The third kappa shape index (κ3) is 3.69. The van der Waals surface area contributed by atoms with Crippen molar-refractivity contribution in [2.45, 2.75) is 25.8 Å². The van der Waals surface area contributed by atoms with Gasteiger partial charge < -0.3 is 9.73 Å². The van der Waals surface area contributed by atoms with Gasteiger partial charge in [-0.25, -0.2) is 0 Å². The SMILES string of the molecule is CCCNC(Cc1cc(Br)cs1)c1ccco1. The molecule has 4 heteroatoms. The van der Waals surface area contributed by atoms with E-state index < -0.39 is 0 Å². The van der Waals surface area contributed by atoms with E-state index in [1.54, 1.807) is 17.6 Å². The summed E-state index contributed by atoms with van der Waals surface area (Å²) in [6, 6.07) is 6.43. The van der Waals surface area contributed by atoms with Gasteiger partial charge in [-0.15, -0.1) is 11.3 Å². The Balaban J connectivity index is 2.05. The molecule has 0 amide bonds. The summed E-state index contributed by atoms with van der Waals surface area (Å²) in [5.74, 6) is 1.02. The third-order valence-corrected chi connectivity index (χ3v) is 4.27. The Bertz CT molecular complexity index is 438. The normalized spacial score (nSPS) is 12.8. The van der Waals surface area contributed by atoms with Crippen molar-refractivity contribution in [1.82, 2.24) is 5.32 Å². The average Bonchev–Trinajstić information content (AvgIpc) is 2.95. The molecular formula is C13H16BrNOS. The van der Waals surface area contributed by atoms with Crippen LogP contribution in [0.1, 0.15) is 30.0 Å². The topological polar surface area (TPSA) is 25.2 Å². The molecule has 0 fully saturated rings. The number of thiophene rings is 1. The van der Waals surface area contributed by atoms with Gasteiger partial charge in [0.15, 0.2) is 0 Å². The third-order valence-electron chi connectivity index (χ3n) is 2.55. The van der Waals surface area contributed by atoms with Crippen molar-refractivity contribution in [1.29, 1.82) is 0 Å². The lowest BCUT2D eigenvalue weighted by Gasteiger charge is -2.15. The molecule has 2 heterocycles. The first kappa shape index (κ1) is 12.9. The molecule has 17 heavy (non-hydrogen) atoms. The standard InChI is InChI=1S/C13H16BrNOS/c1-2-5-15-12(13-4-3-6-16-13)8-11-7-10(14)9-17-11/h3-4,6-7,9,12,15H,2,5,8H2,1H3. The molecule has 0 aromatic carbocycles. The molecular weight excluding hydrogens is 298 g/mol. The Hall–Kier alpha value is -0.580. The summed E-state index contributed by atoms with van der Waals surface area (Å²) < 4.78 is 6.66. The zero-order valence-corrected chi connectivity index (χ0v) is 12.2. The van der Waals surface area contributed by atoms with Crippen LogP contribution in [0.4, 0.5) is 0 Å². The summed E-state index contributed by atoms with van der Waals surface area (Å²) in [4.78, 5) is 1.36. The van der Waals surface area contributed by atoms with Crippen molar-refractivity contribution in [2.24, 2.45) is 0 Å². The van der Waals surface area contributed by atoms with E-state index in [0.29, 0.717) is 0 Å². The van der Waals surface area contributed by atoms with Gasteiger partial charge >= 0.3 is 0 Å². The second-order valence-electron chi connectivity index (χ2n) is 3.96. The Morgan fingerprint density at radius 3 is 3.00 bits per heavy atom. The number of halogens is 1. The van der Waals surface area contributed by atoms with E-state index in [1.807, 2.05) is 12.1 Å². The highest BCUT2D eigenvalue weighted by molar-refractivity contribution is 9.10. The highest BCUT2D eigenvalue weighted by atomic mass is 79.9. The van der Waals surface area contributed by atoms with Crippen LogP contribution < -0.4 is 5.32 Å². The Morgan fingerprint density at radius 1 is 1.53 bits per heavy atom. The maximum absolute atomic E-state index is 5.50. The lowest BCUT2D eigenvalue weighted by Crippen LogP contribution is -2.23. The molecule has 0 spiro atoms. The summed E-state index contributed by atoms with van der Waals surface area (Å²) in [6.07, 6.45) is 3.84. The van der Waals surface area contributed by atoms with E-state index in [9.17, 15) is 0 Å². The van der Waals surface area contributed by atoms with E-state index in [4.69, 9.17) is 4.42 Å². The zero-order chi connectivity index (χ0) is 12.1. The van der Waals surface area contributed by atoms with Crippen molar-refractivity contribution in [3.8, 4) is 0 Å². The van der Waals surface area contributed by atoms with Crippen LogP contribution in [-0.2, 0) is 6.42 Å². The Labute approximate surface area is 114 Å². The van der Waals surface area contributed by atoms with Crippen LogP contribution in [-0.4, -0.2) is 6.54 Å². The van der Waals surface area contributed by atoms with Crippen molar-refractivity contribution in [2.75, 3.05) is 6.54 Å². The predicted molar refractivity (Wildman–Crippen MR) is 75.5 cm³/mol. The highest BCUT2D eigenvalue weighted by Gasteiger charge is 2.15. The minimum atomic E-state index is 0.274. The minimum absolute atomic E-state index is 0.274. The first-order valence-electron chi connectivity index (χ1n) is 5.79. The quantitative estimate of drug-likeness (QED) is 0.855. The van der Waals surface area contributed by atoms with E-state index in [1.165, 1.54) is 4.88 Å². The van der Waals surface area contributed by atoms with Crippen LogP contribution in [0.2, 0.25) is 0 Å². The van der Waals surface area contributed by atoms with Gasteiger partial charge in [0.05, 0.1) is 12.3 Å². The molecule has 0 aliphatic carbocycles. The van der Waals surface area contributed by atoms with Gasteiger partial charge in [0.2, 0.25) is 0 Å². The van der Waals surface area contributed by atoms with Crippen molar-refractivity contribution in [3.05, 3.63) is 45.0 Å². The van der Waals surface area contributed by atoms with Gasteiger partial charge in [-0.2, -0.15) is 0 Å². The van der Waals surface area contributed by atoms with Gasteiger partial charge in [0.25, 0.3) is 0 Å². The van der Waals surface area contributed by atoms with Crippen molar-refractivity contribution >= 4 is 27.3 Å². The second kappa shape index (κ2) is 6.38. The van der Waals surface area contributed by atoms with Crippen LogP contribution in [0.15, 0.2) is 38.7 Å². The van der Waals surface area contributed by atoms with Crippen LogP contribution >= 0.6 is 27.3 Å². The molecule has 2 aromatic heterocycles. The number of hydrogen-bond donors (Lipinski definition) is 1. The second-order valence-corrected chi connectivity index (χ2v) is 5.87. The monoisotopic (exact) mass is 313 g/mol. The van der Waals surface area contributed by atoms with E-state index in [-0.39, 0.29) is 6.04 Å². The van der Waals surface area contributed by atoms with Crippen molar-refractivity contribution in [3.63, 3.8) is 0 Å². The first-order valence-corrected chi connectivity index (χ1v) is 7.46. The van der Waals surface area contributed by atoms with Gasteiger partial charge in [-0.1, -0.05) is 6.92 Å².